The van der Waals surface area contributed by atoms with Gasteiger partial charge in [-0.2, -0.15) is 0 Å². The average molecular weight is 318 g/mol. The summed E-state index contributed by atoms with van der Waals surface area (Å²) in [6.07, 6.45) is 0. The molecule has 0 atom stereocenters. The van der Waals surface area contributed by atoms with Gasteiger partial charge < -0.3 is 0 Å². The molecule has 0 amide bonds. The number of hydrogen-bond acceptors (Lipinski definition) is 2. The maximum absolute atomic E-state index is 4.97. The third-order valence-corrected chi connectivity index (χ3v) is 4.69. The number of benzene rings is 2. The highest BCUT2D eigenvalue weighted by Gasteiger charge is 2.24. The number of aryl methyl sites for hydroxylation is 5. The zero-order valence-electron chi connectivity index (χ0n) is 15.3. The van der Waals surface area contributed by atoms with E-state index in [1.807, 2.05) is 14.0 Å². The van der Waals surface area contributed by atoms with Crippen molar-refractivity contribution < 1.29 is 4.57 Å². The van der Waals surface area contributed by atoms with E-state index in [1.165, 1.54) is 27.8 Å². The molecule has 0 aliphatic heterocycles. The van der Waals surface area contributed by atoms with Crippen LogP contribution < -0.4 is 4.57 Å². The minimum absolute atomic E-state index is 0.804. The number of hydrogen-bond donors (Lipinski definition) is 0. The van der Waals surface area contributed by atoms with Crippen LogP contribution in [-0.4, -0.2) is 9.97 Å². The topological polar surface area (TPSA) is 29.7 Å². The van der Waals surface area contributed by atoms with Crippen LogP contribution in [0.3, 0.4) is 0 Å². The standard InChI is InChI=1S/C21H24N3/c1-13-9-7-10-14(2)18(13)20-22-17(5)24(6)21(23-20)19-15(3)11-8-12-16(19)4/h7-12H,1-6H3/q+1. The average Bonchev–Trinajstić information content (AvgIpc) is 2.51. The van der Waals surface area contributed by atoms with Gasteiger partial charge in [0.2, 0.25) is 5.82 Å². The lowest BCUT2D eigenvalue weighted by molar-refractivity contribution is -0.672. The van der Waals surface area contributed by atoms with Crippen LogP contribution in [0.15, 0.2) is 36.4 Å². The van der Waals surface area contributed by atoms with E-state index in [0.29, 0.717) is 0 Å². The molecule has 3 rings (SSSR count). The summed E-state index contributed by atoms with van der Waals surface area (Å²) in [6, 6.07) is 12.7. The smallest absolute Gasteiger partial charge is 0.233 e. The zero-order valence-corrected chi connectivity index (χ0v) is 15.3. The van der Waals surface area contributed by atoms with Crippen molar-refractivity contribution in [2.45, 2.75) is 34.6 Å². The van der Waals surface area contributed by atoms with Crippen LogP contribution in [0.1, 0.15) is 28.1 Å². The van der Waals surface area contributed by atoms with E-state index >= 15 is 0 Å². The number of nitrogens with zero attached hydrogens (tertiary/aromatic N) is 3. The fourth-order valence-corrected chi connectivity index (χ4v) is 3.25. The van der Waals surface area contributed by atoms with Crippen LogP contribution in [0, 0.1) is 34.6 Å². The van der Waals surface area contributed by atoms with Gasteiger partial charge in [-0.25, -0.2) is 4.57 Å². The van der Waals surface area contributed by atoms with Gasteiger partial charge in [-0.15, -0.1) is 0 Å². The Balaban J connectivity index is 2.33. The molecule has 0 aliphatic carbocycles. The van der Waals surface area contributed by atoms with Crippen molar-refractivity contribution in [1.82, 2.24) is 9.97 Å². The molecule has 24 heavy (non-hydrogen) atoms. The monoisotopic (exact) mass is 318 g/mol. The molecule has 0 fully saturated rings. The zero-order chi connectivity index (χ0) is 17.4. The summed E-state index contributed by atoms with van der Waals surface area (Å²) in [6.45, 7) is 10.5. The van der Waals surface area contributed by atoms with E-state index in [4.69, 9.17) is 9.97 Å². The summed E-state index contributed by atoms with van der Waals surface area (Å²) in [5, 5.41) is 0. The van der Waals surface area contributed by atoms with Crippen molar-refractivity contribution in [2.24, 2.45) is 7.05 Å². The molecule has 3 aromatic rings. The Bertz CT molecular complexity index is 886. The fraction of sp³-hybridized carbons (Fsp3) is 0.286. The summed E-state index contributed by atoms with van der Waals surface area (Å²) < 4.78 is 2.08. The van der Waals surface area contributed by atoms with Crippen LogP contribution in [0.5, 0.6) is 0 Å². The Morgan fingerprint density at radius 3 is 1.62 bits per heavy atom. The van der Waals surface area contributed by atoms with Gasteiger partial charge in [-0.3, -0.25) is 0 Å². The summed E-state index contributed by atoms with van der Waals surface area (Å²) in [4.78, 5) is 9.73. The second-order valence-corrected chi connectivity index (χ2v) is 6.51. The summed E-state index contributed by atoms with van der Waals surface area (Å²) in [5.74, 6) is 2.73. The maximum Gasteiger partial charge on any atom is 0.308 e. The Hall–Kier alpha value is -2.55. The van der Waals surface area contributed by atoms with Crippen LogP contribution in [0.2, 0.25) is 0 Å². The van der Waals surface area contributed by atoms with Crippen molar-refractivity contribution >= 4 is 0 Å². The normalized spacial score (nSPS) is 10.9. The highest BCUT2D eigenvalue weighted by molar-refractivity contribution is 5.68. The van der Waals surface area contributed by atoms with Crippen LogP contribution >= 0.6 is 0 Å². The molecule has 0 unspecified atom stereocenters. The van der Waals surface area contributed by atoms with Gasteiger partial charge in [0.1, 0.15) is 0 Å². The Morgan fingerprint density at radius 1 is 0.667 bits per heavy atom. The number of rotatable bonds is 2. The van der Waals surface area contributed by atoms with E-state index < -0.39 is 0 Å². The van der Waals surface area contributed by atoms with Crippen molar-refractivity contribution in [1.29, 1.82) is 0 Å². The molecule has 2 aromatic carbocycles. The molecule has 0 spiro atoms. The molecule has 0 N–H and O–H groups in total. The largest absolute Gasteiger partial charge is 0.308 e. The van der Waals surface area contributed by atoms with E-state index in [-0.39, 0.29) is 0 Å². The van der Waals surface area contributed by atoms with Crippen molar-refractivity contribution in [2.75, 3.05) is 0 Å². The quantitative estimate of drug-likeness (QED) is 0.664. The van der Waals surface area contributed by atoms with Gasteiger partial charge in [0.05, 0.1) is 18.2 Å². The molecular formula is C21H24N3+. The van der Waals surface area contributed by atoms with Crippen LogP contribution in [0.4, 0.5) is 0 Å². The van der Waals surface area contributed by atoms with Crippen molar-refractivity contribution in [3.8, 4) is 22.8 Å². The first-order valence-corrected chi connectivity index (χ1v) is 8.28. The fourth-order valence-electron chi connectivity index (χ4n) is 3.25. The molecular weight excluding hydrogens is 294 g/mol. The molecule has 3 nitrogen and oxygen atoms in total. The molecule has 0 radical (unpaired) electrons. The lowest BCUT2D eigenvalue weighted by Gasteiger charge is -2.11. The summed E-state index contributed by atoms with van der Waals surface area (Å²) in [7, 11) is 2.03. The highest BCUT2D eigenvalue weighted by Crippen LogP contribution is 2.27. The minimum atomic E-state index is 0.804. The molecule has 122 valence electrons. The lowest BCUT2D eigenvalue weighted by Crippen LogP contribution is -2.38. The first-order chi connectivity index (χ1) is 11.4. The number of aromatic nitrogens is 3. The molecule has 0 saturated heterocycles. The summed E-state index contributed by atoms with van der Waals surface area (Å²) in [5.41, 5.74) is 7.20. The first kappa shape index (κ1) is 16.3. The third-order valence-electron chi connectivity index (χ3n) is 4.69. The minimum Gasteiger partial charge on any atom is -0.233 e. The highest BCUT2D eigenvalue weighted by atomic mass is 15.1. The SMILES string of the molecule is Cc1cccc(C)c1-c1nc(C)[n+](C)c(-c2c(C)cccc2C)n1. The van der Waals surface area contributed by atoms with Gasteiger partial charge >= 0.3 is 5.82 Å². The summed E-state index contributed by atoms with van der Waals surface area (Å²) >= 11 is 0. The Morgan fingerprint density at radius 2 is 1.12 bits per heavy atom. The second-order valence-electron chi connectivity index (χ2n) is 6.51. The van der Waals surface area contributed by atoms with Crippen LogP contribution in [0.25, 0.3) is 22.8 Å². The van der Waals surface area contributed by atoms with E-state index in [1.54, 1.807) is 0 Å². The Labute approximate surface area is 144 Å². The first-order valence-electron chi connectivity index (χ1n) is 8.28. The molecule has 0 bridgehead atoms. The molecule has 1 heterocycles. The molecule has 1 aromatic heterocycles. The van der Waals surface area contributed by atoms with Gasteiger partial charge in [-0.05, 0) is 49.9 Å². The Kier molecular flexibility index (Phi) is 4.18. The maximum atomic E-state index is 4.97. The van der Waals surface area contributed by atoms with Gasteiger partial charge in [0, 0.05) is 6.92 Å². The van der Waals surface area contributed by atoms with Gasteiger partial charge in [0.15, 0.2) is 0 Å². The van der Waals surface area contributed by atoms with Crippen LogP contribution in [-0.2, 0) is 7.05 Å². The van der Waals surface area contributed by atoms with E-state index in [9.17, 15) is 0 Å². The van der Waals surface area contributed by atoms with Gasteiger partial charge in [-0.1, -0.05) is 46.4 Å². The van der Waals surface area contributed by atoms with E-state index in [2.05, 4.69) is 68.7 Å². The predicted molar refractivity (Wildman–Crippen MR) is 97.8 cm³/mol. The second kappa shape index (κ2) is 6.16. The van der Waals surface area contributed by atoms with E-state index in [0.717, 1.165) is 23.0 Å². The third kappa shape index (κ3) is 2.71. The predicted octanol–water partition coefficient (Wildman–Crippen LogP) is 4.18. The van der Waals surface area contributed by atoms with Gasteiger partial charge in [0.25, 0.3) is 5.82 Å². The van der Waals surface area contributed by atoms with Crippen molar-refractivity contribution in [3.05, 3.63) is 64.5 Å². The molecule has 0 aliphatic rings. The lowest BCUT2D eigenvalue weighted by atomic mass is 10.0. The molecule has 0 saturated carbocycles. The van der Waals surface area contributed by atoms with Crippen molar-refractivity contribution in [3.63, 3.8) is 0 Å². The molecule has 3 heteroatoms.